The molecule has 34 heavy (non-hydrogen) atoms. The number of nitrogens with zero attached hydrogens (tertiary/aromatic N) is 2. The second-order valence-corrected chi connectivity index (χ2v) is 8.53. The van der Waals surface area contributed by atoms with Gasteiger partial charge in [0.15, 0.2) is 10.2 Å². The molecule has 0 fully saturated rings. The molecule has 0 aliphatic carbocycles. The number of carbonyl (C=O) groups is 1. The zero-order valence-electron chi connectivity index (χ0n) is 17.2. The van der Waals surface area contributed by atoms with Crippen LogP contribution in [0, 0.1) is 10.1 Å². The molecule has 0 atom stereocenters. The van der Waals surface area contributed by atoms with Gasteiger partial charge in [-0.2, -0.15) is 0 Å². The third-order valence-electron chi connectivity index (χ3n) is 4.47. The normalized spacial score (nSPS) is 10.9. The molecular formula is C23H15ClN4O4S2. The molecule has 0 radical (unpaired) electrons. The maximum absolute atomic E-state index is 12.2. The lowest BCUT2D eigenvalue weighted by molar-refractivity contribution is -0.384. The average Bonchev–Trinajstić information content (AvgIpc) is 3.48. The third kappa shape index (κ3) is 5.93. The number of nitro benzene ring substituents is 1. The quantitative estimate of drug-likeness (QED) is 0.138. The number of amides is 1. The van der Waals surface area contributed by atoms with Gasteiger partial charge in [-0.25, -0.2) is 4.98 Å². The van der Waals surface area contributed by atoms with E-state index >= 15 is 0 Å². The predicted molar refractivity (Wildman–Crippen MR) is 137 cm³/mol. The Labute approximate surface area is 208 Å². The Bertz CT molecular complexity index is 1400. The first kappa shape index (κ1) is 23.3. The summed E-state index contributed by atoms with van der Waals surface area (Å²) < 4.78 is 5.72. The molecule has 0 aliphatic heterocycles. The number of thiazole rings is 1. The molecule has 2 heterocycles. The van der Waals surface area contributed by atoms with Crippen molar-refractivity contribution in [2.45, 2.75) is 0 Å². The largest absolute Gasteiger partial charge is 0.457 e. The van der Waals surface area contributed by atoms with Gasteiger partial charge in [0.1, 0.15) is 11.5 Å². The molecule has 8 nitrogen and oxygen atoms in total. The van der Waals surface area contributed by atoms with E-state index in [1.54, 1.807) is 41.8 Å². The summed E-state index contributed by atoms with van der Waals surface area (Å²) in [7, 11) is 0. The molecule has 0 aliphatic rings. The number of nitrogens with one attached hydrogen (secondary N) is 2. The standard InChI is InChI=1S/C23H15ClN4O4S2/c24-16-6-4-14(5-7-16)20-10-8-18(32-20)9-11-21(29)26-22(33)27-23-25-19(13-34-23)15-2-1-3-17(12-15)28(30)31/h1-13H,(H2,25,26,27,29,33). The van der Waals surface area contributed by atoms with Gasteiger partial charge in [-0.15, -0.1) is 11.3 Å². The molecule has 1 amide bonds. The number of anilines is 1. The lowest BCUT2D eigenvalue weighted by Gasteiger charge is -2.04. The van der Waals surface area contributed by atoms with Crippen molar-refractivity contribution in [3.63, 3.8) is 0 Å². The topological polar surface area (TPSA) is 110 Å². The predicted octanol–water partition coefficient (Wildman–Crippen LogP) is 6.16. The Kier molecular flexibility index (Phi) is 7.12. The maximum atomic E-state index is 12.2. The Morgan fingerprint density at radius 3 is 2.71 bits per heavy atom. The van der Waals surface area contributed by atoms with Crippen LogP contribution in [0.15, 0.2) is 76.5 Å². The molecule has 0 bridgehead atoms. The molecule has 4 aromatic rings. The zero-order valence-corrected chi connectivity index (χ0v) is 19.6. The number of non-ortho nitro benzene ring substituents is 1. The van der Waals surface area contributed by atoms with Gasteiger partial charge in [0.05, 0.1) is 10.6 Å². The third-order valence-corrected chi connectivity index (χ3v) is 5.68. The summed E-state index contributed by atoms with van der Waals surface area (Å²) in [6, 6.07) is 16.9. The van der Waals surface area contributed by atoms with Crippen molar-refractivity contribution in [3.8, 4) is 22.6 Å². The van der Waals surface area contributed by atoms with Gasteiger partial charge in [-0.3, -0.25) is 20.2 Å². The van der Waals surface area contributed by atoms with Crippen LogP contribution >= 0.6 is 35.2 Å². The van der Waals surface area contributed by atoms with Gasteiger partial charge in [0.2, 0.25) is 5.91 Å². The summed E-state index contributed by atoms with van der Waals surface area (Å²) in [5.41, 5.74) is 2.01. The summed E-state index contributed by atoms with van der Waals surface area (Å²) in [6.07, 6.45) is 2.83. The van der Waals surface area contributed by atoms with Crippen LogP contribution in [-0.2, 0) is 4.79 Å². The van der Waals surface area contributed by atoms with E-state index < -0.39 is 10.8 Å². The molecule has 11 heteroatoms. The lowest BCUT2D eigenvalue weighted by Crippen LogP contribution is -2.32. The van der Waals surface area contributed by atoms with E-state index in [1.807, 2.05) is 12.1 Å². The fourth-order valence-electron chi connectivity index (χ4n) is 2.89. The summed E-state index contributed by atoms with van der Waals surface area (Å²) in [6.45, 7) is 0. The number of furan rings is 1. The minimum absolute atomic E-state index is 0.0218. The second kappa shape index (κ2) is 10.4. The van der Waals surface area contributed by atoms with Gasteiger partial charge in [-0.05, 0) is 54.7 Å². The highest BCUT2D eigenvalue weighted by Gasteiger charge is 2.11. The van der Waals surface area contributed by atoms with Crippen molar-refractivity contribution in [1.29, 1.82) is 0 Å². The van der Waals surface area contributed by atoms with Crippen molar-refractivity contribution in [2.75, 3.05) is 5.32 Å². The van der Waals surface area contributed by atoms with Crippen LogP contribution in [0.2, 0.25) is 5.02 Å². The Hall–Kier alpha value is -3.86. The van der Waals surface area contributed by atoms with Crippen LogP contribution in [-0.4, -0.2) is 20.9 Å². The van der Waals surface area contributed by atoms with Crippen molar-refractivity contribution < 1.29 is 14.1 Å². The molecule has 0 spiro atoms. The molecular weight excluding hydrogens is 496 g/mol. The number of rotatable bonds is 6. The monoisotopic (exact) mass is 510 g/mol. The maximum Gasteiger partial charge on any atom is 0.270 e. The summed E-state index contributed by atoms with van der Waals surface area (Å²) in [5, 5.41) is 19.2. The average molecular weight is 511 g/mol. The number of benzene rings is 2. The van der Waals surface area contributed by atoms with Crippen LogP contribution in [0.4, 0.5) is 10.8 Å². The molecule has 0 unspecified atom stereocenters. The number of hydrogen-bond acceptors (Lipinski definition) is 7. The van der Waals surface area contributed by atoms with E-state index in [9.17, 15) is 14.9 Å². The van der Waals surface area contributed by atoms with E-state index in [0.29, 0.717) is 32.9 Å². The Balaban J connectivity index is 1.33. The summed E-state index contributed by atoms with van der Waals surface area (Å²) in [5.74, 6) is 0.704. The highest BCUT2D eigenvalue weighted by atomic mass is 35.5. The molecule has 4 rings (SSSR count). The van der Waals surface area contributed by atoms with E-state index in [0.717, 1.165) is 5.56 Å². The fraction of sp³-hybridized carbons (Fsp3) is 0. The van der Waals surface area contributed by atoms with Crippen LogP contribution in [0.5, 0.6) is 0 Å². The number of carbonyl (C=O) groups excluding carboxylic acids is 1. The number of halogens is 1. The highest BCUT2D eigenvalue weighted by Crippen LogP contribution is 2.27. The van der Waals surface area contributed by atoms with Crippen molar-refractivity contribution >= 4 is 63.1 Å². The number of thiocarbonyl (C=S) groups is 1. The lowest BCUT2D eigenvalue weighted by atomic mass is 10.1. The minimum Gasteiger partial charge on any atom is -0.457 e. The first-order valence-corrected chi connectivity index (χ1v) is 11.4. The first-order valence-electron chi connectivity index (χ1n) is 9.73. The molecule has 2 aromatic heterocycles. The van der Waals surface area contributed by atoms with E-state index in [2.05, 4.69) is 15.6 Å². The number of nitro groups is 1. The Morgan fingerprint density at radius 1 is 1.15 bits per heavy atom. The van der Waals surface area contributed by atoms with E-state index in [4.69, 9.17) is 28.2 Å². The van der Waals surface area contributed by atoms with Gasteiger partial charge in [-0.1, -0.05) is 23.7 Å². The van der Waals surface area contributed by atoms with Gasteiger partial charge >= 0.3 is 0 Å². The second-order valence-electron chi connectivity index (χ2n) is 6.83. The summed E-state index contributed by atoms with van der Waals surface area (Å²) in [4.78, 5) is 27.1. The van der Waals surface area contributed by atoms with Crippen LogP contribution in [0.1, 0.15) is 5.76 Å². The number of aromatic nitrogens is 1. The minimum atomic E-state index is -0.464. The molecule has 170 valence electrons. The van der Waals surface area contributed by atoms with Gasteiger partial charge in [0, 0.05) is 39.7 Å². The van der Waals surface area contributed by atoms with E-state index in [1.165, 1.54) is 35.6 Å². The zero-order chi connectivity index (χ0) is 24.1. The Morgan fingerprint density at radius 2 is 1.94 bits per heavy atom. The van der Waals surface area contributed by atoms with Crippen molar-refractivity contribution in [2.24, 2.45) is 0 Å². The van der Waals surface area contributed by atoms with Crippen molar-refractivity contribution in [3.05, 3.63) is 93.0 Å². The SMILES string of the molecule is O=C(C=Cc1ccc(-c2ccc(Cl)cc2)o1)NC(=S)Nc1nc(-c2cccc([N+](=O)[O-])c2)cs1. The highest BCUT2D eigenvalue weighted by molar-refractivity contribution is 7.80. The molecule has 0 saturated carbocycles. The first-order chi connectivity index (χ1) is 16.4. The van der Waals surface area contributed by atoms with E-state index in [-0.39, 0.29) is 10.8 Å². The van der Waals surface area contributed by atoms with Gasteiger partial charge < -0.3 is 9.73 Å². The molecule has 2 N–H and O–H groups in total. The van der Waals surface area contributed by atoms with Gasteiger partial charge in [0.25, 0.3) is 5.69 Å². The molecule has 2 aromatic carbocycles. The number of hydrogen-bond donors (Lipinski definition) is 2. The van der Waals surface area contributed by atoms with Crippen LogP contribution in [0.3, 0.4) is 0 Å². The summed E-state index contributed by atoms with van der Waals surface area (Å²) >= 11 is 12.3. The smallest absolute Gasteiger partial charge is 0.270 e. The fourth-order valence-corrected chi connectivity index (χ4v) is 4.01. The van der Waals surface area contributed by atoms with Crippen LogP contribution in [0.25, 0.3) is 28.7 Å². The molecule has 0 saturated heterocycles. The van der Waals surface area contributed by atoms with Crippen LogP contribution < -0.4 is 10.6 Å². The van der Waals surface area contributed by atoms with Crippen molar-refractivity contribution in [1.82, 2.24) is 10.3 Å².